The number of fused-ring (bicyclic) bond motifs is 4. The zero-order valence-corrected chi connectivity index (χ0v) is 26.3. The van der Waals surface area contributed by atoms with Crippen molar-refractivity contribution in [2.75, 3.05) is 0 Å². The monoisotopic (exact) mass is 616 g/mol. The van der Waals surface area contributed by atoms with Crippen LogP contribution >= 0.6 is 11.3 Å². The van der Waals surface area contributed by atoms with Gasteiger partial charge in [0.15, 0.2) is 5.82 Å². The summed E-state index contributed by atoms with van der Waals surface area (Å²) >= 11 is 1.85. The van der Waals surface area contributed by atoms with Gasteiger partial charge in [-0.25, -0.2) is 9.97 Å². The van der Waals surface area contributed by atoms with E-state index in [1.54, 1.807) is 0 Å². The van der Waals surface area contributed by atoms with Gasteiger partial charge in [-0.1, -0.05) is 121 Å². The molecule has 9 rings (SSSR count). The van der Waals surface area contributed by atoms with E-state index in [1.165, 1.54) is 42.1 Å². The second-order valence-electron chi connectivity index (χ2n) is 11.9. The Morgan fingerprint density at radius 2 is 0.915 bits per heavy atom. The lowest BCUT2D eigenvalue weighted by atomic mass is 9.94. The Morgan fingerprint density at radius 1 is 0.319 bits per heavy atom. The largest absolute Gasteiger partial charge is 0.228 e. The molecule has 0 fully saturated rings. The molecular formula is C44H28N2S. The minimum atomic E-state index is 0.712. The molecule has 0 saturated carbocycles. The maximum atomic E-state index is 5.20. The van der Waals surface area contributed by atoms with Gasteiger partial charge in [-0.05, 0) is 81.6 Å². The van der Waals surface area contributed by atoms with Crippen LogP contribution in [0.25, 0.3) is 87.1 Å². The molecule has 47 heavy (non-hydrogen) atoms. The summed E-state index contributed by atoms with van der Waals surface area (Å²) in [6.45, 7) is 0. The van der Waals surface area contributed by atoms with E-state index in [1.807, 2.05) is 29.5 Å². The van der Waals surface area contributed by atoms with Crippen molar-refractivity contribution in [3.05, 3.63) is 170 Å². The second kappa shape index (κ2) is 11.5. The SMILES string of the molecule is c1ccc(-c2cc(-c3ccc4sc5ccccc5c4c3)cc(-c3cc(-c4ccc5ccccc5c4)nc(-c4ccccc4)n3)c2)cc1. The quantitative estimate of drug-likeness (QED) is 0.192. The van der Waals surface area contributed by atoms with Crippen molar-refractivity contribution in [1.29, 1.82) is 0 Å². The summed E-state index contributed by atoms with van der Waals surface area (Å²) in [7, 11) is 0. The molecule has 220 valence electrons. The molecule has 3 heteroatoms. The summed E-state index contributed by atoms with van der Waals surface area (Å²) in [5.41, 5.74) is 9.58. The Balaban J connectivity index is 1.26. The first-order valence-corrected chi connectivity index (χ1v) is 16.6. The van der Waals surface area contributed by atoms with Crippen LogP contribution in [0.5, 0.6) is 0 Å². The maximum absolute atomic E-state index is 5.20. The highest BCUT2D eigenvalue weighted by Crippen LogP contribution is 2.39. The van der Waals surface area contributed by atoms with Crippen molar-refractivity contribution in [1.82, 2.24) is 9.97 Å². The molecule has 2 aromatic heterocycles. The van der Waals surface area contributed by atoms with E-state index in [2.05, 4.69) is 152 Å². The van der Waals surface area contributed by atoms with Crippen LogP contribution < -0.4 is 0 Å². The van der Waals surface area contributed by atoms with Gasteiger partial charge < -0.3 is 0 Å². The Hall–Kier alpha value is -5.90. The molecular weight excluding hydrogens is 589 g/mol. The summed E-state index contributed by atoms with van der Waals surface area (Å²) in [4.78, 5) is 10.3. The molecule has 7 aromatic carbocycles. The fraction of sp³-hybridized carbons (Fsp3) is 0. The Kier molecular flexibility index (Phi) is 6.69. The standard InChI is InChI=1S/C44H28N2S/c1-3-11-29(12-4-1)35-24-36(33-21-22-43-39(27-33)38-17-9-10-18-42(38)47-43)26-37(25-35)41-28-40(45-44(46-41)31-14-5-2-6-15-31)34-20-19-30-13-7-8-16-32(30)23-34/h1-28H. The van der Waals surface area contributed by atoms with Gasteiger partial charge in [0.2, 0.25) is 0 Å². The van der Waals surface area contributed by atoms with Crippen LogP contribution in [-0.4, -0.2) is 9.97 Å². The van der Waals surface area contributed by atoms with Gasteiger partial charge in [0, 0.05) is 36.9 Å². The van der Waals surface area contributed by atoms with Crippen molar-refractivity contribution in [3.63, 3.8) is 0 Å². The zero-order valence-electron chi connectivity index (χ0n) is 25.5. The molecule has 0 amide bonds. The molecule has 0 spiro atoms. The van der Waals surface area contributed by atoms with Crippen molar-refractivity contribution in [2.45, 2.75) is 0 Å². The first-order valence-electron chi connectivity index (χ1n) is 15.8. The highest BCUT2D eigenvalue weighted by Gasteiger charge is 2.15. The summed E-state index contributed by atoms with van der Waals surface area (Å²) < 4.78 is 2.62. The number of nitrogens with zero attached hydrogens (tertiary/aromatic N) is 2. The van der Waals surface area contributed by atoms with E-state index in [4.69, 9.17) is 9.97 Å². The highest BCUT2D eigenvalue weighted by atomic mass is 32.1. The van der Waals surface area contributed by atoms with Crippen LogP contribution in [0.2, 0.25) is 0 Å². The van der Waals surface area contributed by atoms with Crippen LogP contribution in [0, 0.1) is 0 Å². The third-order valence-corrected chi connectivity index (χ3v) is 10.0. The molecule has 0 unspecified atom stereocenters. The van der Waals surface area contributed by atoms with Gasteiger partial charge in [-0.2, -0.15) is 0 Å². The van der Waals surface area contributed by atoms with Gasteiger partial charge in [0.1, 0.15) is 0 Å². The number of hydrogen-bond donors (Lipinski definition) is 0. The van der Waals surface area contributed by atoms with Gasteiger partial charge in [-0.15, -0.1) is 11.3 Å². The summed E-state index contributed by atoms with van der Waals surface area (Å²) in [6.07, 6.45) is 0. The molecule has 0 N–H and O–H groups in total. The summed E-state index contributed by atoms with van der Waals surface area (Å²) in [5, 5.41) is 5.00. The minimum absolute atomic E-state index is 0.712. The molecule has 0 saturated heterocycles. The lowest BCUT2D eigenvalue weighted by Gasteiger charge is -2.13. The summed E-state index contributed by atoms with van der Waals surface area (Å²) in [6, 6.07) is 60.4. The number of rotatable bonds is 5. The van der Waals surface area contributed by atoms with E-state index in [9.17, 15) is 0 Å². The van der Waals surface area contributed by atoms with E-state index in [0.29, 0.717) is 5.82 Å². The first-order chi connectivity index (χ1) is 23.2. The number of aromatic nitrogens is 2. The summed E-state index contributed by atoms with van der Waals surface area (Å²) in [5.74, 6) is 0.712. The number of thiophene rings is 1. The van der Waals surface area contributed by atoms with E-state index in [0.717, 1.165) is 39.2 Å². The Morgan fingerprint density at radius 3 is 1.72 bits per heavy atom. The Labute approximate surface area is 277 Å². The average Bonchev–Trinajstić information content (AvgIpc) is 3.53. The highest BCUT2D eigenvalue weighted by molar-refractivity contribution is 7.25. The molecule has 9 aromatic rings. The molecule has 0 aliphatic rings. The fourth-order valence-electron chi connectivity index (χ4n) is 6.45. The third-order valence-electron chi connectivity index (χ3n) is 8.85. The van der Waals surface area contributed by atoms with E-state index < -0.39 is 0 Å². The van der Waals surface area contributed by atoms with Gasteiger partial charge >= 0.3 is 0 Å². The van der Waals surface area contributed by atoms with Crippen LogP contribution in [0.15, 0.2) is 170 Å². The van der Waals surface area contributed by atoms with Crippen LogP contribution in [0.3, 0.4) is 0 Å². The fourth-order valence-corrected chi connectivity index (χ4v) is 7.54. The van der Waals surface area contributed by atoms with Crippen molar-refractivity contribution < 1.29 is 0 Å². The van der Waals surface area contributed by atoms with Gasteiger partial charge in [0.25, 0.3) is 0 Å². The molecule has 0 aliphatic heterocycles. The topological polar surface area (TPSA) is 25.8 Å². The lowest BCUT2D eigenvalue weighted by Crippen LogP contribution is -1.96. The van der Waals surface area contributed by atoms with E-state index in [-0.39, 0.29) is 0 Å². The third kappa shape index (κ3) is 5.17. The van der Waals surface area contributed by atoms with Crippen molar-refractivity contribution in [2.24, 2.45) is 0 Å². The Bertz CT molecular complexity index is 2570. The van der Waals surface area contributed by atoms with Crippen molar-refractivity contribution in [3.8, 4) is 56.2 Å². The molecule has 2 heterocycles. The molecule has 0 atom stereocenters. The minimum Gasteiger partial charge on any atom is -0.228 e. The average molecular weight is 617 g/mol. The van der Waals surface area contributed by atoms with Crippen LogP contribution in [-0.2, 0) is 0 Å². The number of benzene rings is 7. The normalized spacial score (nSPS) is 11.4. The van der Waals surface area contributed by atoms with Crippen LogP contribution in [0.4, 0.5) is 0 Å². The maximum Gasteiger partial charge on any atom is 0.160 e. The molecule has 0 aliphatic carbocycles. The molecule has 2 nitrogen and oxygen atoms in total. The lowest BCUT2D eigenvalue weighted by molar-refractivity contribution is 1.18. The predicted octanol–water partition coefficient (Wildman–Crippen LogP) is 12.3. The van der Waals surface area contributed by atoms with Gasteiger partial charge in [0.05, 0.1) is 11.4 Å². The predicted molar refractivity (Wildman–Crippen MR) is 200 cm³/mol. The zero-order chi connectivity index (χ0) is 31.2. The van der Waals surface area contributed by atoms with Crippen LogP contribution in [0.1, 0.15) is 0 Å². The second-order valence-corrected chi connectivity index (χ2v) is 12.9. The first kappa shape index (κ1) is 27.4. The number of hydrogen-bond acceptors (Lipinski definition) is 3. The smallest absolute Gasteiger partial charge is 0.160 e. The van der Waals surface area contributed by atoms with Gasteiger partial charge in [-0.3, -0.25) is 0 Å². The molecule has 0 radical (unpaired) electrons. The van der Waals surface area contributed by atoms with E-state index >= 15 is 0 Å². The van der Waals surface area contributed by atoms with Crippen molar-refractivity contribution >= 4 is 42.3 Å². The molecule has 0 bridgehead atoms.